The van der Waals surface area contributed by atoms with E-state index in [1.165, 1.54) is 32.1 Å². The highest BCUT2D eigenvalue weighted by Gasteiger charge is 2.19. The molecule has 8 heteroatoms. The summed E-state index contributed by atoms with van der Waals surface area (Å²) in [5.74, 6) is 0.327. The van der Waals surface area contributed by atoms with Gasteiger partial charge in [-0.25, -0.2) is 9.78 Å². The molecule has 1 fully saturated rings. The maximum absolute atomic E-state index is 12.3. The molecule has 30 heavy (non-hydrogen) atoms. The Hall–Kier alpha value is -2.74. The Labute approximate surface area is 174 Å². The number of benzene rings is 1. The van der Waals surface area contributed by atoms with Crippen LogP contribution in [0.4, 0.5) is 5.69 Å². The maximum atomic E-state index is 12.3. The molecule has 0 radical (unpaired) electrons. The van der Waals surface area contributed by atoms with Gasteiger partial charge in [-0.1, -0.05) is 32.1 Å². The molecule has 3 aliphatic rings. The fourth-order valence-electron chi connectivity index (χ4n) is 4.33. The van der Waals surface area contributed by atoms with E-state index in [0.29, 0.717) is 23.9 Å². The molecule has 0 amide bonds. The molecule has 1 aromatic rings. The van der Waals surface area contributed by atoms with E-state index in [0.717, 1.165) is 36.9 Å². The molecule has 0 unspecified atom stereocenters. The number of fused-ring (bicyclic) bond motifs is 2. The lowest BCUT2D eigenvalue weighted by atomic mass is 9.95. The number of unbranched alkanes of at least 4 members (excludes halogenated alkanes) is 3. The minimum absolute atomic E-state index is 0.186. The number of nitrogens with one attached hydrogen (secondary N) is 2. The number of aromatic nitrogens is 4. The molecule has 2 aliphatic heterocycles. The molecule has 0 atom stereocenters. The molecule has 8 nitrogen and oxygen atoms in total. The number of aliphatic hydroxyl groups is 1. The second kappa shape index (κ2) is 9.38. The number of aromatic amines is 1. The average Bonchev–Trinajstić information content (AvgIpc) is 2.74. The van der Waals surface area contributed by atoms with Crippen molar-refractivity contribution in [3.63, 3.8) is 0 Å². The largest absolute Gasteiger partial charge is 0.396 e. The van der Waals surface area contributed by atoms with Gasteiger partial charge in [0, 0.05) is 24.9 Å². The van der Waals surface area contributed by atoms with E-state index in [1.54, 1.807) is 0 Å². The highest BCUT2D eigenvalue weighted by Crippen LogP contribution is 2.27. The van der Waals surface area contributed by atoms with Crippen LogP contribution in [-0.4, -0.2) is 37.3 Å². The van der Waals surface area contributed by atoms with Gasteiger partial charge in [0.05, 0.1) is 11.0 Å². The second-order valence-electron chi connectivity index (χ2n) is 8.13. The second-order valence-corrected chi connectivity index (χ2v) is 8.13. The van der Waals surface area contributed by atoms with Crippen molar-refractivity contribution in [3.8, 4) is 11.5 Å². The zero-order valence-corrected chi connectivity index (χ0v) is 17.2. The summed E-state index contributed by atoms with van der Waals surface area (Å²) in [5.41, 5.74) is 1.62. The standard InChI is InChI=1S/C22H29N5O3/c28-13-7-2-1-6-12-27-18-14-16(23-15-8-4-3-5-9-15)10-11-17(18)24-19-20(27)25-22(30)26-21(19)29/h10-11,14-15,23,28H,1-9,12-13H2,(H,26,29,30). The minimum atomic E-state index is -0.654. The fraction of sp³-hybridized carbons (Fsp3) is 0.545. The van der Waals surface area contributed by atoms with Crippen molar-refractivity contribution in [2.45, 2.75) is 70.4 Å². The Balaban J connectivity index is 1.73. The third kappa shape index (κ3) is 4.53. The molecule has 0 saturated heterocycles. The van der Waals surface area contributed by atoms with Crippen LogP contribution in [-0.2, 0) is 6.54 Å². The van der Waals surface area contributed by atoms with Crippen LogP contribution < -0.4 is 16.6 Å². The fourth-order valence-corrected chi connectivity index (χ4v) is 4.33. The van der Waals surface area contributed by atoms with Crippen LogP contribution in [0.1, 0.15) is 57.8 Å². The molecule has 4 rings (SSSR count). The number of nitrogens with zero attached hydrogens (tertiary/aromatic N) is 3. The van der Waals surface area contributed by atoms with Crippen LogP contribution in [0.3, 0.4) is 0 Å². The zero-order chi connectivity index (χ0) is 20.9. The van der Waals surface area contributed by atoms with Gasteiger partial charge in [-0.3, -0.25) is 9.78 Å². The predicted octanol–water partition coefficient (Wildman–Crippen LogP) is 2.88. The molecule has 1 aliphatic carbocycles. The Morgan fingerprint density at radius 1 is 1.07 bits per heavy atom. The average molecular weight is 412 g/mol. The number of anilines is 1. The summed E-state index contributed by atoms with van der Waals surface area (Å²) in [6.07, 6.45) is 9.70. The van der Waals surface area contributed by atoms with Crippen LogP contribution in [0.2, 0.25) is 0 Å². The summed E-state index contributed by atoms with van der Waals surface area (Å²) in [4.78, 5) is 35.0. The zero-order valence-electron chi connectivity index (χ0n) is 17.2. The smallest absolute Gasteiger partial charge is 0.349 e. The topological polar surface area (TPSA) is 113 Å². The van der Waals surface area contributed by atoms with Crippen molar-refractivity contribution in [1.82, 2.24) is 19.5 Å². The SMILES string of the molecule is O=c1nc2n(CCCCCCO)c3cc(NC4CCCCC4)ccc3nc-2c(=O)[nH]1. The van der Waals surface area contributed by atoms with Crippen LogP contribution in [0, 0.1) is 0 Å². The van der Waals surface area contributed by atoms with Gasteiger partial charge >= 0.3 is 5.69 Å². The third-order valence-electron chi connectivity index (χ3n) is 5.87. The van der Waals surface area contributed by atoms with Crippen molar-refractivity contribution in [2.75, 3.05) is 11.9 Å². The number of aliphatic hydroxyl groups excluding tert-OH is 1. The van der Waals surface area contributed by atoms with Crippen molar-refractivity contribution in [1.29, 1.82) is 0 Å². The van der Waals surface area contributed by atoms with Crippen molar-refractivity contribution >= 4 is 16.7 Å². The Bertz CT molecular complexity index is 1080. The Morgan fingerprint density at radius 3 is 2.67 bits per heavy atom. The molecule has 1 aromatic carbocycles. The summed E-state index contributed by atoms with van der Waals surface area (Å²) in [5, 5.41) is 12.6. The highest BCUT2D eigenvalue weighted by atomic mass is 16.3. The number of rotatable bonds is 8. The first-order valence-corrected chi connectivity index (χ1v) is 11.0. The maximum Gasteiger partial charge on any atom is 0.349 e. The van der Waals surface area contributed by atoms with Crippen LogP contribution >= 0.6 is 0 Å². The van der Waals surface area contributed by atoms with Crippen LogP contribution in [0.15, 0.2) is 27.8 Å². The van der Waals surface area contributed by atoms with Crippen molar-refractivity contribution in [3.05, 3.63) is 39.0 Å². The Kier molecular flexibility index (Phi) is 6.42. The summed E-state index contributed by atoms with van der Waals surface area (Å²) in [6.45, 7) is 0.824. The van der Waals surface area contributed by atoms with E-state index in [2.05, 4.69) is 26.3 Å². The predicted molar refractivity (Wildman–Crippen MR) is 117 cm³/mol. The number of H-pyrrole nitrogens is 1. The molecule has 0 bridgehead atoms. The van der Waals surface area contributed by atoms with Gasteiger partial charge in [0.25, 0.3) is 5.56 Å². The van der Waals surface area contributed by atoms with Gasteiger partial charge in [0.15, 0.2) is 11.5 Å². The first-order chi connectivity index (χ1) is 14.7. The molecular formula is C22H29N5O3. The quantitative estimate of drug-likeness (QED) is 0.388. The monoisotopic (exact) mass is 411 g/mol. The van der Waals surface area contributed by atoms with E-state index in [9.17, 15) is 9.59 Å². The Morgan fingerprint density at radius 2 is 1.87 bits per heavy atom. The summed E-state index contributed by atoms with van der Waals surface area (Å²) in [7, 11) is 0. The van der Waals surface area contributed by atoms with Gasteiger partial charge in [-0.2, -0.15) is 4.98 Å². The number of hydrogen-bond acceptors (Lipinski definition) is 6. The summed E-state index contributed by atoms with van der Waals surface area (Å²) in [6, 6.07) is 6.46. The van der Waals surface area contributed by atoms with Gasteiger partial charge in [-0.05, 0) is 43.9 Å². The molecule has 1 saturated carbocycles. The van der Waals surface area contributed by atoms with Gasteiger partial charge < -0.3 is 15.0 Å². The molecule has 160 valence electrons. The van der Waals surface area contributed by atoms with Crippen molar-refractivity contribution in [2.24, 2.45) is 0 Å². The van der Waals surface area contributed by atoms with Gasteiger partial charge in [0.1, 0.15) is 0 Å². The van der Waals surface area contributed by atoms with Gasteiger partial charge in [0.2, 0.25) is 0 Å². The summed E-state index contributed by atoms with van der Waals surface area (Å²) >= 11 is 0. The van der Waals surface area contributed by atoms with E-state index >= 15 is 0 Å². The molecule has 3 N–H and O–H groups in total. The lowest BCUT2D eigenvalue weighted by Crippen LogP contribution is -2.29. The van der Waals surface area contributed by atoms with E-state index in [4.69, 9.17) is 5.11 Å². The summed E-state index contributed by atoms with van der Waals surface area (Å²) < 4.78 is 1.94. The lowest BCUT2D eigenvalue weighted by molar-refractivity contribution is 0.282. The number of aryl methyl sites for hydroxylation is 1. The van der Waals surface area contributed by atoms with E-state index in [1.807, 2.05) is 16.7 Å². The molecule has 0 spiro atoms. The molecule has 0 aromatic heterocycles. The van der Waals surface area contributed by atoms with Crippen LogP contribution in [0.5, 0.6) is 0 Å². The lowest BCUT2D eigenvalue weighted by Gasteiger charge is -2.24. The van der Waals surface area contributed by atoms with Gasteiger partial charge in [-0.15, -0.1) is 0 Å². The third-order valence-corrected chi connectivity index (χ3v) is 5.87. The minimum Gasteiger partial charge on any atom is -0.396 e. The molecular weight excluding hydrogens is 382 g/mol. The normalized spacial score (nSPS) is 15.1. The highest BCUT2D eigenvalue weighted by molar-refractivity contribution is 5.82. The number of hydrogen-bond donors (Lipinski definition) is 3. The molecule has 2 heterocycles. The van der Waals surface area contributed by atoms with E-state index in [-0.39, 0.29) is 12.3 Å². The first-order valence-electron chi connectivity index (χ1n) is 11.0. The van der Waals surface area contributed by atoms with Crippen molar-refractivity contribution < 1.29 is 5.11 Å². The first kappa shape index (κ1) is 20.5. The van der Waals surface area contributed by atoms with Crippen LogP contribution in [0.25, 0.3) is 22.6 Å². The van der Waals surface area contributed by atoms with E-state index < -0.39 is 11.2 Å².